The summed E-state index contributed by atoms with van der Waals surface area (Å²) >= 11 is 8.00. The highest BCUT2D eigenvalue weighted by Crippen LogP contribution is 2.30. The first-order chi connectivity index (χ1) is 9.88. The second kappa shape index (κ2) is 6.40. The molecule has 108 valence electrons. The molecule has 0 heterocycles. The van der Waals surface area contributed by atoms with Crippen molar-refractivity contribution in [2.45, 2.75) is 6.92 Å². The molecule has 0 bridgehead atoms. The van der Waals surface area contributed by atoms with Gasteiger partial charge in [0, 0.05) is 20.9 Å². The molecule has 0 saturated heterocycles. The van der Waals surface area contributed by atoms with Gasteiger partial charge in [0.2, 0.25) is 0 Å². The average Bonchev–Trinajstić information content (AvgIpc) is 2.42. The van der Waals surface area contributed by atoms with Crippen molar-refractivity contribution in [1.29, 1.82) is 0 Å². The normalized spacial score (nSPS) is 10.2. The maximum Gasteiger partial charge on any atom is 0.288 e. The number of anilines is 1. The lowest BCUT2D eigenvalue weighted by Crippen LogP contribution is -2.13. The van der Waals surface area contributed by atoms with Crippen LogP contribution < -0.4 is 5.32 Å². The van der Waals surface area contributed by atoms with Crippen LogP contribution in [0, 0.1) is 20.6 Å². The lowest BCUT2D eigenvalue weighted by Gasteiger charge is -2.09. The van der Waals surface area contributed by atoms with Crippen molar-refractivity contribution in [2.24, 2.45) is 0 Å². The van der Waals surface area contributed by atoms with Crippen molar-refractivity contribution in [3.63, 3.8) is 0 Å². The summed E-state index contributed by atoms with van der Waals surface area (Å²) in [5, 5.41) is 13.5. The fourth-order valence-electron chi connectivity index (χ4n) is 1.74. The number of rotatable bonds is 3. The van der Waals surface area contributed by atoms with Crippen molar-refractivity contribution in [3.8, 4) is 0 Å². The van der Waals surface area contributed by atoms with Crippen LogP contribution in [0.3, 0.4) is 0 Å². The first-order valence-corrected chi connectivity index (χ1v) is 7.35. The molecule has 2 rings (SSSR count). The Morgan fingerprint density at radius 2 is 1.90 bits per heavy atom. The summed E-state index contributed by atoms with van der Waals surface area (Å²) in [7, 11) is 0. The van der Waals surface area contributed by atoms with Gasteiger partial charge in [-0.2, -0.15) is 0 Å². The molecule has 0 spiro atoms. The van der Waals surface area contributed by atoms with Gasteiger partial charge < -0.3 is 5.32 Å². The van der Waals surface area contributed by atoms with E-state index in [1.165, 1.54) is 12.1 Å². The van der Waals surface area contributed by atoms with Gasteiger partial charge in [-0.15, -0.1) is 0 Å². The highest BCUT2D eigenvalue weighted by Gasteiger charge is 2.16. The van der Waals surface area contributed by atoms with Gasteiger partial charge in [0.25, 0.3) is 11.6 Å². The molecule has 0 radical (unpaired) electrons. The Bertz CT molecular complexity index is 717. The standard InChI is InChI=1S/C14H10ClIN2O3/c1-8-6-13(18(20)21)11(15)7-12(8)17-14(19)9-2-4-10(16)5-3-9/h2-7H,1H3,(H,17,19). The largest absolute Gasteiger partial charge is 0.322 e. The Kier molecular flexibility index (Phi) is 4.79. The van der Waals surface area contributed by atoms with Crippen molar-refractivity contribution in [1.82, 2.24) is 0 Å². The Morgan fingerprint density at radius 3 is 2.48 bits per heavy atom. The molecule has 1 N–H and O–H groups in total. The number of amides is 1. The molecule has 0 fully saturated rings. The Balaban J connectivity index is 2.27. The van der Waals surface area contributed by atoms with Crippen molar-refractivity contribution in [2.75, 3.05) is 5.32 Å². The highest BCUT2D eigenvalue weighted by molar-refractivity contribution is 14.1. The number of nitro benzene ring substituents is 1. The lowest BCUT2D eigenvalue weighted by molar-refractivity contribution is -0.384. The number of nitrogens with one attached hydrogen (secondary N) is 1. The molecule has 2 aromatic rings. The van der Waals surface area contributed by atoms with Crippen LogP contribution in [0.5, 0.6) is 0 Å². The molecule has 0 aromatic heterocycles. The third kappa shape index (κ3) is 3.70. The van der Waals surface area contributed by atoms with Crippen LogP contribution >= 0.6 is 34.2 Å². The molecular weight excluding hydrogens is 407 g/mol. The Labute approximate surface area is 139 Å². The second-order valence-electron chi connectivity index (χ2n) is 4.34. The zero-order valence-electron chi connectivity index (χ0n) is 10.9. The third-order valence-corrected chi connectivity index (χ3v) is 3.87. The van der Waals surface area contributed by atoms with E-state index >= 15 is 0 Å². The van der Waals surface area contributed by atoms with Crippen LogP contribution in [0.4, 0.5) is 11.4 Å². The fourth-order valence-corrected chi connectivity index (χ4v) is 2.33. The summed E-state index contributed by atoms with van der Waals surface area (Å²) in [5.41, 5.74) is 1.35. The minimum absolute atomic E-state index is 0.0106. The zero-order valence-corrected chi connectivity index (χ0v) is 13.8. The number of hydrogen-bond acceptors (Lipinski definition) is 3. The first-order valence-electron chi connectivity index (χ1n) is 5.90. The van der Waals surface area contributed by atoms with Gasteiger partial charge in [-0.25, -0.2) is 0 Å². The van der Waals surface area contributed by atoms with Gasteiger partial charge in [0.05, 0.1) is 4.92 Å². The van der Waals surface area contributed by atoms with Gasteiger partial charge in [-0.3, -0.25) is 14.9 Å². The fraction of sp³-hybridized carbons (Fsp3) is 0.0714. The van der Waals surface area contributed by atoms with Gasteiger partial charge >= 0.3 is 0 Å². The minimum Gasteiger partial charge on any atom is -0.322 e. The monoisotopic (exact) mass is 416 g/mol. The van der Waals surface area contributed by atoms with Crippen molar-refractivity contribution >= 4 is 51.5 Å². The number of nitro groups is 1. The van der Waals surface area contributed by atoms with Gasteiger partial charge in [-0.05, 0) is 65.4 Å². The van der Waals surface area contributed by atoms with Crippen LogP contribution in [-0.4, -0.2) is 10.8 Å². The van der Waals surface area contributed by atoms with Crippen LogP contribution in [0.2, 0.25) is 5.02 Å². The van der Waals surface area contributed by atoms with E-state index < -0.39 is 4.92 Å². The number of benzene rings is 2. The zero-order chi connectivity index (χ0) is 15.6. The maximum atomic E-state index is 12.1. The van der Waals surface area contributed by atoms with E-state index in [4.69, 9.17) is 11.6 Å². The molecule has 0 aliphatic carbocycles. The number of halogens is 2. The first kappa shape index (κ1) is 15.7. The van der Waals surface area contributed by atoms with E-state index in [1.54, 1.807) is 19.1 Å². The van der Waals surface area contributed by atoms with Crippen molar-refractivity contribution in [3.05, 3.63) is 66.2 Å². The van der Waals surface area contributed by atoms with Crippen LogP contribution in [0.25, 0.3) is 0 Å². The molecule has 0 saturated carbocycles. The molecule has 1 amide bonds. The molecule has 21 heavy (non-hydrogen) atoms. The predicted octanol–water partition coefficient (Wildman–Crippen LogP) is 4.41. The van der Waals surface area contributed by atoms with E-state index in [0.29, 0.717) is 16.8 Å². The molecule has 0 unspecified atom stereocenters. The molecule has 5 nitrogen and oxygen atoms in total. The van der Waals surface area contributed by atoms with Crippen LogP contribution in [-0.2, 0) is 0 Å². The molecule has 7 heteroatoms. The number of carbonyl (C=O) groups is 1. The van der Waals surface area contributed by atoms with Gasteiger partial charge in [0.1, 0.15) is 5.02 Å². The van der Waals surface area contributed by atoms with Crippen molar-refractivity contribution < 1.29 is 9.72 Å². The number of nitrogens with zero attached hydrogens (tertiary/aromatic N) is 1. The predicted molar refractivity (Wildman–Crippen MR) is 90.0 cm³/mol. The second-order valence-corrected chi connectivity index (χ2v) is 5.99. The minimum atomic E-state index is -0.555. The molecule has 2 aromatic carbocycles. The van der Waals surface area contributed by atoms with Gasteiger partial charge in [0.15, 0.2) is 0 Å². The molecular formula is C14H10ClIN2O3. The van der Waals surface area contributed by atoms with E-state index in [2.05, 4.69) is 27.9 Å². The molecule has 0 atom stereocenters. The SMILES string of the molecule is Cc1cc([N+](=O)[O-])c(Cl)cc1NC(=O)c1ccc(I)cc1. The number of carbonyl (C=O) groups excluding carboxylic acids is 1. The van der Waals surface area contributed by atoms with E-state index in [1.807, 2.05) is 12.1 Å². The Morgan fingerprint density at radius 1 is 1.29 bits per heavy atom. The topological polar surface area (TPSA) is 72.2 Å². The molecule has 0 aliphatic heterocycles. The van der Waals surface area contributed by atoms with Crippen LogP contribution in [0.1, 0.15) is 15.9 Å². The quantitative estimate of drug-likeness (QED) is 0.457. The highest BCUT2D eigenvalue weighted by atomic mass is 127. The summed E-state index contributed by atoms with van der Waals surface area (Å²) in [4.78, 5) is 22.4. The van der Waals surface area contributed by atoms with Crippen LogP contribution in [0.15, 0.2) is 36.4 Å². The summed E-state index contributed by atoms with van der Waals surface area (Å²) in [6.45, 7) is 1.67. The smallest absolute Gasteiger partial charge is 0.288 e. The average molecular weight is 417 g/mol. The summed E-state index contributed by atoms with van der Waals surface area (Å²) in [6, 6.07) is 9.79. The number of hydrogen-bond donors (Lipinski definition) is 1. The number of aryl methyl sites for hydroxylation is 1. The third-order valence-electron chi connectivity index (χ3n) is 2.85. The van der Waals surface area contributed by atoms with E-state index in [-0.39, 0.29) is 16.6 Å². The molecule has 0 aliphatic rings. The summed E-state index contributed by atoms with van der Waals surface area (Å²) in [6.07, 6.45) is 0. The Hall–Kier alpha value is -1.67. The lowest BCUT2D eigenvalue weighted by atomic mass is 10.1. The summed E-state index contributed by atoms with van der Waals surface area (Å²) < 4.78 is 1.03. The van der Waals surface area contributed by atoms with E-state index in [0.717, 1.165) is 3.57 Å². The van der Waals surface area contributed by atoms with Gasteiger partial charge in [-0.1, -0.05) is 11.6 Å². The maximum absolute atomic E-state index is 12.1. The van der Waals surface area contributed by atoms with E-state index in [9.17, 15) is 14.9 Å². The summed E-state index contributed by atoms with van der Waals surface area (Å²) in [5.74, 6) is -0.292.